The molecule has 1 unspecified atom stereocenters. The molecule has 0 fully saturated rings. The molecule has 3 rings (SSSR count). The third-order valence-electron chi connectivity index (χ3n) is 3.76. The molecule has 1 aromatic heterocycles. The Kier molecular flexibility index (Phi) is 4.54. The summed E-state index contributed by atoms with van der Waals surface area (Å²) in [6, 6.07) is 17.6. The van der Waals surface area contributed by atoms with Crippen LogP contribution in [-0.2, 0) is 4.79 Å². The van der Waals surface area contributed by atoms with Crippen molar-refractivity contribution in [2.75, 3.05) is 0 Å². The standard InChI is InChI=1S/C20H16ClNO/c1-14(13-23)17-4-2-3-15(11-17)5-9-19-10-7-16-6-8-18(21)12-20(16)22-19/h2-14H,1H3. The van der Waals surface area contributed by atoms with Crippen molar-refractivity contribution >= 4 is 40.9 Å². The zero-order valence-electron chi connectivity index (χ0n) is 12.7. The molecule has 0 saturated heterocycles. The first-order valence-electron chi connectivity index (χ1n) is 7.45. The van der Waals surface area contributed by atoms with Gasteiger partial charge in [-0.2, -0.15) is 0 Å². The van der Waals surface area contributed by atoms with Gasteiger partial charge in [0, 0.05) is 16.3 Å². The highest BCUT2D eigenvalue weighted by Crippen LogP contribution is 2.19. The molecule has 3 aromatic rings. The van der Waals surface area contributed by atoms with E-state index >= 15 is 0 Å². The zero-order chi connectivity index (χ0) is 16.2. The lowest BCUT2D eigenvalue weighted by Crippen LogP contribution is -1.93. The number of carbonyl (C=O) groups is 1. The summed E-state index contributed by atoms with van der Waals surface area (Å²) in [5, 5.41) is 1.75. The second-order valence-electron chi connectivity index (χ2n) is 5.50. The summed E-state index contributed by atoms with van der Waals surface area (Å²) < 4.78 is 0. The summed E-state index contributed by atoms with van der Waals surface area (Å²) in [7, 11) is 0. The molecule has 0 radical (unpaired) electrons. The number of hydrogen-bond acceptors (Lipinski definition) is 2. The number of aromatic nitrogens is 1. The smallest absolute Gasteiger partial charge is 0.127 e. The van der Waals surface area contributed by atoms with E-state index in [1.165, 1.54) is 0 Å². The average molecular weight is 322 g/mol. The molecule has 0 bridgehead atoms. The Morgan fingerprint density at radius 3 is 2.70 bits per heavy atom. The molecule has 0 spiro atoms. The lowest BCUT2D eigenvalue weighted by atomic mass is 10.0. The van der Waals surface area contributed by atoms with Crippen LogP contribution < -0.4 is 0 Å². The van der Waals surface area contributed by atoms with E-state index in [0.29, 0.717) is 5.02 Å². The molecule has 0 saturated carbocycles. The number of fused-ring (bicyclic) bond motifs is 1. The van der Waals surface area contributed by atoms with Crippen LogP contribution in [0.15, 0.2) is 54.6 Å². The predicted molar refractivity (Wildman–Crippen MR) is 96.6 cm³/mol. The fraction of sp³-hybridized carbons (Fsp3) is 0.100. The highest BCUT2D eigenvalue weighted by atomic mass is 35.5. The third-order valence-corrected chi connectivity index (χ3v) is 4.00. The fourth-order valence-electron chi connectivity index (χ4n) is 2.40. The molecule has 0 aliphatic rings. The Hall–Kier alpha value is -2.45. The van der Waals surface area contributed by atoms with Crippen LogP contribution in [0.1, 0.15) is 29.7 Å². The molecule has 0 amide bonds. The SMILES string of the molecule is CC(C=O)c1cccc(C=Cc2ccc3ccc(Cl)cc3n2)c1. The molecule has 1 heterocycles. The first kappa shape index (κ1) is 15.4. The van der Waals surface area contributed by atoms with Crippen molar-refractivity contribution in [2.24, 2.45) is 0 Å². The number of benzene rings is 2. The largest absolute Gasteiger partial charge is 0.303 e. The van der Waals surface area contributed by atoms with Gasteiger partial charge in [-0.1, -0.05) is 61.0 Å². The minimum Gasteiger partial charge on any atom is -0.303 e. The van der Waals surface area contributed by atoms with Crippen LogP contribution in [0.5, 0.6) is 0 Å². The Morgan fingerprint density at radius 1 is 1.04 bits per heavy atom. The molecule has 2 nitrogen and oxygen atoms in total. The Morgan fingerprint density at radius 2 is 1.87 bits per heavy atom. The van der Waals surface area contributed by atoms with Gasteiger partial charge in [0.2, 0.25) is 0 Å². The summed E-state index contributed by atoms with van der Waals surface area (Å²) in [6.07, 6.45) is 4.92. The molecule has 1 atom stereocenters. The van der Waals surface area contributed by atoms with Crippen LogP contribution in [0.3, 0.4) is 0 Å². The maximum atomic E-state index is 10.9. The van der Waals surface area contributed by atoms with Gasteiger partial charge in [-0.05, 0) is 35.4 Å². The fourth-order valence-corrected chi connectivity index (χ4v) is 2.57. The summed E-state index contributed by atoms with van der Waals surface area (Å²) >= 11 is 6.02. The maximum absolute atomic E-state index is 10.9. The van der Waals surface area contributed by atoms with Crippen LogP contribution in [0.25, 0.3) is 23.1 Å². The molecular weight excluding hydrogens is 306 g/mol. The van der Waals surface area contributed by atoms with E-state index in [1.807, 2.05) is 73.7 Å². The molecule has 0 aliphatic heterocycles. The van der Waals surface area contributed by atoms with Crippen molar-refractivity contribution in [2.45, 2.75) is 12.8 Å². The Balaban J connectivity index is 1.89. The number of pyridine rings is 1. The molecule has 2 aromatic carbocycles. The topological polar surface area (TPSA) is 30.0 Å². The van der Waals surface area contributed by atoms with Crippen LogP contribution in [-0.4, -0.2) is 11.3 Å². The lowest BCUT2D eigenvalue weighted by Gasteiger charge is -2.04. The van der Waals surface area contributed by atoms with Gasteiger partial charge in [-0.15, -0.1) is 0 Å². The van der Waals surface area contributed by atoms with E-state index in [4.69, 9.17) is 11.6 Å². The normalized spacial score (nSPS) is 12.6. The van der Waals surface area contributed by atoms with Crippen LogP contribution >= 0.6 is 11.6 Å². The van der Waals surface area contributed by atoms with Gasteiger partial charge in [0.25, 0.3) is 0 Å². The summed E-state index contributed by atoms with van der Waals surface area (Å²) in [5.41, 5.74) is 3.81. The van der Waals surface area contributed by atoms with E-state index in [9.17, 15) is 4.79 Å². The first-order valence-corrected chi connectivity index (χ1v) is 7.83. The van der Waals surface area contributed by atoms with Gasteiger partial charge >= 0.3 is 0 Å². The van der Waals surface area contributed by atoms with E-state index in [-0.39, 0.29) is 5.92 Å². The summed E-state index contributed by atoms with van der Waals surface area (Å²) in [6.45, 7) is 1.89. The van der Waals surface area contributed by atoms with Crippen molar-refractivity contribution in [3.05, 3.63) is 76.4 Å². The van der Waals surface area contributed by atoms with E-state index in [0.717, 1.165) is 34.0 Å². The van der Waals surface area contributed by atoms with Crippen molar-refractivity contribution in [1.82, 2.24) is 4.98 Å². The maximum Gasteiger partial charge on any atom is 0.127 e. The van der Waals surface area contributed by atoms with Gasteiger partial charge in [0.1, 0.15) is 6.29 Å². The van der Waals surface area contributed by atoms with Gasteiger partial charge in [-0.3, -0.25) is 0 Å². The Bertz CT molecular complexity index is 886. The van der Waals surface area contributed by atoms with Crippen LogP contribution in [0.4, 0.5) is 0 Å². The first-order chi connectivity index (χ1) is 11.2. The molecule has 0 N–H and O–H groups in total. The van der Waals surface area contributed by atoms with Crippen molar-refractivity contribution in [3.8, 4) is 0 Å². The second-order valence-corrected chi connectivity index (χ2v) is 5.94. The van der Waals surface area contributed by atoms with Gasteiger partial charge < -0.3 is 4.79 Å². The van der Waals surface area contributed by atoms with E-state index in [1.54, 1.807) is 0 Å². The zero-order valence-corrected chi connectivity index (χ0v) is 13.5. The van der Waals surface area contributed by atoms with Gasteiger partial charge in [-0.25, -0.2) is 4.98 Å². The minimum absolute atomic E-state index is 0.0933. The lowest BCUT2D eigenvalue weighted by molar-refractivity contribution is -0.108. The number of nitrogens with zero attached hydrogens (tertiary/aromatic N) is 1. The van der Waals surface area contributed by atoms with Crippen molar-refractivity contribution < 1.29 is 4.79 Å². The highest BCUT2D eigenvalue weighted by molar-refractivity contribution is 6.31. The Labute approximate surface area is 140 Å². The molecule has 114 valence electrons. The third kappa shape index (κ3) is 3.66. The number of halogens is 1. The van der Waals surface area contributed by atoms with Crippen molar-refractivity contribution in [3.63, 3.8) is 0 Å². The second kappa shape index (κ2) is 6.76. The van der Waals surface area contributed by atoms with E-state index < -0.39 is 0 Å². The van der Waals surface area contributed by atoms with Crippen LogP contribution in [0.2, 0.25) is 5.02 Å². The molecule has 23 heavy (non-hydrogen) atoms. The number of aldehydes is 1. The number of rotatable bonds is 4. The minimum atomic E-state index is -0.0933. The predicted octanol–water partition coefficient (Wildman–Crippen LogP) is 5.36. The molecule has 3 heteroatoms. The van der Waals surface area contributed by atoms with Crippen LogP contribution in [0, 0.1) is 0 Å². The monoisotopic (exact) mass is 321 g/mol. The summed E-state index contributed by atoms with van der Waals surface area (Å²) in [5.74, 6) is -0.0933. The quantitative estimate of drug-likeness (QED) is 0.605. The van der Waals surface area contributed by atoms with Crippen molar-refractivity contribution in [1.29, 1.82) is 0 Å². The highest BCUT2D eigenvalue weighted by Gasteiger charge is 2.03. The summed E-state index contributed by atoms with van der Waals surface area (Å²) in [4.78, 5) is 15.5. The average Bonchev–Trinajstić information content (AvgIpc) is 2.59. The van der Waals surface area contributed by atoms with Gasteiger partial charge in [0.15, 0.2) is 0 Å². The number of hydrogen-bond donors (Lipinski definition) is 0. The number of carbonyl (C=O) groups excluding carboxylic acids is 1. The van der Waals surface area contributed by atoms with E-state index in [2.05, 4.69) is 4.98 Å². The van der Waals surface area contributed by atoms with Gasteiger partial charge in [0.05, 0.1) is 11.2 Å². The molecular formula is C20H16ClNO. The molecule has 0 aliphatic carbocycles.